The first-order valence-electron chi connectivity index (χ1n) is 11.4. The van der Waals surface area contributed by atoms with E-state index in [0.29, 0.717) is 30.1 Å². The van der Waals surface area contributed by atoms with E-state index >= 15 is 0 Å². The summed E-state index contributed by atoms with van der Waals surface area (Å²) in [6.07, 6.45) is 5.25. The number of pyridine rings is 1. The number of benzene rings is 2. The van der Waals surface area contributed by atoms with Crippen molar-refractivity contribution >= 4 is 22.5 Å². The fraction of sp³-hybridized carbons (Fsp3) is 0.222. The van der Waals surface area contributed by atoms with E-state index in [9.17, 15) is 14.9 Å². The number of carbonyl (C=O) groups is 2. The molecule has 0 bridgehead atoms. The molecule has 35 heavy (non-hydrogen) atoms. The number of aromatic nitrogens is 3. The van der Waals surface area contributed by atoms with Crippen molar-refractivity contribution < 1.29 is 14.3 Å². The van der Waals surface area contributed by atoms with Crippen molar-refractivity contribution in [1.29, 1.82) is 5.26 Å². The molecule has 1 aliphatic rings. The van der Waals surface area contributed by atoms with E-state index in [4.69, 9.17) is 4.74 Å². The minimum absolute atomic E-state index is 0.0611. The van der Waals surface area contributed by atoms with Gasteiger partial charge >= 0.3 is 0 Å². The smallest absolute Gasteiger partial charge is 0.223 e. The van der Waals surface area contributed by atoms with Crippen LogP contribution >= 0.6 is 0 Å². The molecule has 2 aromatic carbocycles. The summed E-state index contributed by atoms with van der Waals surface area (Å²) in [5.74, 6) is 0.535. The van der Waals surface area contributed by atoms with E-state index in [2.05, 4.69) is 22.2 Å². The Balaban J connectivity index is 1.26. The predicted molar refractivity (Wildman–Crippen MR) is 130 cm³/mol. The highest BCUT2D eigenvalue weighted by Gasteiger charge is 2.32. The molecule has 1 saturated heterocycles. The lowest BCUT2D eigenvalue weighted by molar-refractivity contribution is -0.139. The van der Waals surface area contributed by atoms with E-state index in [1.54, 1.807) is 42.7 Å². The van der Waals surface area contributed by atoms with Crippen LogP contribution in [0.25, 0.3) is 21.9 Å². The Morgan fingerprint density at radius 1 is 1.09 bits per heavy atom. The summed E-state index contributed by atoms with van der Waals surface area (Å²) in [4.78, 5) is 30.8. The van der Waals surface area contributed by atoms with Gasteiger partial charge < -0.3 is 9.64 Å². The maximum Gasteiger partial charge on any atom is 0.223 e. The van der Waals surface area contributed by atoms with Crippen LogP contribution in [-0.4, -0.2) is 50.5 Å². The number of rotatable bonds is 7. The third kappa shape index (κ3) is 4.62. The molecule has 1 aliphatic heterocycles. The first-order chi connectivity index (χ1) is 17.0. The number of amides is 1. The summed E-state index contributed by atoms with van der Waals surface area (Å²) < 4.78 is 7.80. The molecule has 0 atom stereocenters. The molecule has 1 fully saturated rings. The van der Waals surface area contributed by atoms with E-state index in [1.807, 2.05) is 30.3 Å². The summed E-state index contributed by atoms with van der Waals surface area (Å²) in [6, 6.07) is 17.2. The minimum atomic E-state index is -0.143. The Morgan fingerprint density at radius 3 is 2.71 bits per heavy atom. The van der Waals surface area contributed by atoms with Gasteiger partial charge in [-0.1, -0.05) is 12.1 Å². The van der Waals surface area contributed by atoms with Crippen molar-refractivity contribution in [2.45, 2.75) is 18.9 Å². The number of fused-ring (bicyclic) bond motifs is 1. The minimum Gasteiger partial charge on any atom is -0.486 e. The molecule has 0 aliphatic carbocycles. The molecule has 8 nitrogen and oxygen atoms in total. The second-order valence-electron chi connectivity index (χ2n) is 8.57. The van der Waals surface area contributed by atoms with E-state index in [0.717, 1.165) is 21.9 Å². The van der Waals surface area contributed by atoms with E-state index in [-0.39, 0.29) is 30.6 Å². The Kier molecular flexibility index (Phi) is 5.98. The first-order valence-corrected chi connectivity index (χ1v) is 11.4. The highest BCUT2D eigenvalue weighted by Crippen LogP contribution is 2.34. The lowest BCUT2D eigenvalue weighted by atomic mass is 10.00. The molecule has 8 heteroatoms. The molecular weight excluding hydrogens is 442 g/mol. The SMILES string of the molecule is Cn1nccc1C(=O)CCC(=O)N1CC(Oc2cc(-c3cccc(C#N)c3)cc3ccncc23)C1. The van der Waals surface area contributed by atoms with Gasteiger partial charge in [0, 0.05) is 43.9 Å². The molecule has 0 unspecified atom stereocenters. The Hall–Kier alpha value is -4.51. The van der Waals surface area contributed by atoms with Crippen LogP contribution in [0.1, 0.15) is 28.9 Å². The lowest BCUT2D eigenvalue weighted by Gasteiger charge is -2.39. The third-order valence-corrected chi connectivity index (χ3v) is 6.21. The molecule has 4 aromatic rings. The monoisotopic (exact) mass is 465 g/mol. The van der Waals surface area contributed by atoms with Crippen molar-refractivity contribution in [3.63, 3.8) is 0 Å². The van der Waals surface area contributed by atoms with E-state index < -0.39 is 0 Å². The number of ether oxygens (including phenoxy) is 1. The number of aryl methyl sites for hydroxylation is 1. The predicted octanol–water partition coefficient (Wildman–Crippen LogP) is 3.76. The average molecular weight is 466 g/mol. The highest BCUT2D eigenvalue weighted by atomic mass is 16.5. The van der Waals surface area contributed by atoms with Gasteiger partial charge in [-0.3, -0.25) is 19.3 Å². The lowest BCUT2D eigenvalue weighted by Crippen LogP contribution is -2.56. The third-order valence-electron chi connectivity index (χ3n) is 6.21. The van der Waals surface area contributed by atoms with E-state index in [1.165, 1.54) is 4.68 Å². The number of ketones is 1. The zero-order chi connectivity index (χ0) is 24.4. The first kappa shape index (κ1) is 22.3. The van der Waals surface area contributed by atoms with Gasteiger partial charge in [-0.05, 0) is 52.9 Å². The molecule has 1 amide bonds. The molecule has 0 N–H and O–H groups in total. The van der Waals surface area contributed by atoms with Gasteiger partial charge in [0.2, 0.25) is 5.91 Å². The maximum absolute atomic E-state index is 12.6. The molecule has 3 heterocycles. The van der Waals surface area contributed by atoms with Gasteiger partial charge in [0.05, 0.1) is 24.7 Å². The quantitative estimate of drug-likeness (QED) is 0.385. The van der Waals surface area contributed by atoms with Crippen molar-refractivity contribution in [3.8, 4) is 22.9 Å². The fourth-order valence-corrected chi connectivity index (χ4v) is 4.25. The van der Waals surface area contributed by atoms with Gasteiger partial charge in [0.15, 0.2) is 5.78 Å². The number of likely N-dealkylation sites (tertiary alicyclic amines) is 1. The summed E-state index contributed by atoms with van der Waals surface area (Å²) in [6.45, 7) is 0.934. The normalized spacial score (nSPS) is 13.3. The molecule has 2 aromatic heterocycles. The van der Waals surface area contributed by atoms with Crippen LogP contribution in [0.3, 0.4) is 0 Å². The number of carbonyl (C=O) groups excluding carboxylic acids is 2. The van der Waals surface area contributed by atoms with Crippen molar-refractivity contribution in [1.82, 2.24) is 19.7 Å². The van der Waals surface area contributed by atoms with Gasteiger partial charge in [-0.15, -0.1) is 0 Å². The number of hydrogen-bond acceptors (Lipinski definition) is 6. The molecular formula is C27H23N5O3. The zero-order valence-corrected chi connectivity index (χ0v) is 19.2. The standard InChI is InChI=1S/C27H23N5O3/c1-31-24(8-10-30-31)25(33)5-6-27(34)32-16-22(17-32)35-26-13-21(12-20-7-9-29-15-23(20)26)19-4-2-3-18(11-19)14-28/h2-4,7-13,15,22H,5-6,16-17H2,1H3. The maximum atomic E-state index is 12.6. The summed E-state index contributed by atoms with van der Waals surface area (Å²) in [7, 11) is 1.71. The Bertz CT molecular complexity index is 1460. The number of nitrogens with zero attached hydrogens (tertiary/aromatic N) is 5. The van der Waals surface area contributed by atoms with Crippen LogP contribution in [0.15, 0.2) is 67.1 Å². The molecule has 5 rings (SSSR count). The summed E-state index contributed by atoms with van der Waals surface area (Å²) in [5, 5.41) is 15.1. The van der Waals surface area contributed by atoms with Gasteiger partial charge in [-0.2, -0.15) is 10.4 Å². The fourth-order valence-electron chi connectivity index (χ4n) is 4.25. The van der Waals surface area contributed by atoms with Gasteiger partial charge in [0.25, 0.3) is 0 Å². The molecule has 174 valence electrons. The van der Waals surface area contributed by atoms with Crippen LogP contribution in [0.4, 0.5) is 0 Å². The van der Waals surface area contributed by atoms with Crippen LogP contribution < -0.4 is 4.74 Å². The number of nitriles is 1. The van der Waals surface area contributed by atoms with Crippen molar-refractivity contribution in [2.75, 3.05) is 13.1 Å². The Labute approximate surface area is 202 Å². The van der Waals surface area contributed by atoms with Crippen molar-refractivity contribution in [3.05, 3.63) is 78.4 Å². The summed E-state index contributed by atoms with van der Waals surface area (Å²) in [5.41, 5.74) is 2.96. The largest absolute Gasteiger partial charge is 0.486 e. The van der Waals surface area contributed by atoms with Crippen LogP contribution in [0.2, 0.25) is 0 Å². The average Bonchev–Trinajstić information content (AvgIpc) is 3.30. The molecule has 0 spiro atoms. The van der Waals surface area contributed by atoms with Crippen LogP contribution in [0.5, 0.6) is 5.75 Å². The topological polar surface area (TPSA) is 101 Å². The Morgan fingerprint density at radius 2 is 1.94 bits per heavy atom. The highest BCUT2D eigenvalue weighted by molar-refractivity contribution is 5.96. The van der Waals surface area contributed by atoms with Crippen LogP contribution in [-0.2, 0) is 11.8 Å². The van der Waals surface area contributed by atoms with Crippen molar-refractivity contribution in [2.24, 2.45) is 7.05 Å². The van der Waals surface area contributed by atoms with Crippen LogP contribution in [0, 0.1) is 11.3 Å². The second-order valence-corrected chi connectivity index (χ2v) is 8.57. The van der Waals surface area contributed by atoms with Gasteiger partial charge in [-0.25, -0.2) is 0 Å². The zero-order valence-electron chi connectivity index (χ0n) is 19.2. The molecule has 0 saturated carbocycles. The van der Waals surface area contributed by atoms with Gasteiger partial charge in [0.1, 0.15) is 17.5 Å². The summed E-state index contributed by atoms with van der Waals surface area (Å²) >= 11 is 0. The molecule has 0 radical (unpaired) electrons. The number of hydrogen-bond donors (Lipinski definition) is 0. The second kappa shape index (κ2) is 9.39. The number of Topliss-reactive ketones (excluding diaryl/α,β-unsaturated/α-hetero) is 1.